The number of hydrogen-bond acceptors (Lipinski definition) is 4. The van der Waals surface area contributed by atoms with Crippen molar-refractivity contribution in [3.05, 3.63) is 53.5 Å². The number of hydrogen-bond donors (Lipinski definition) is 1. The van der Waals surface area contributed by atoms with Gasteiger partial charge in [-0.3, -0.25) is 9.98 Å². The molecular weight excluding hydrogens is 403 g/mol. The van der Waals surface area contributed by atoms with Gasteiger partial charge in [0.25, 0.3) is 0 Å². The average Bonchev–Trinajstić information content (AvgIpc) is 3.18. The van der Waals surface area contributed by atoms with E-state index in [1.54, 1.807) is 6.20 Å². The number of pyridine rings is 1. The van der Waals surface area contributed by atoms with E-state index in [9.17, 15) is 13.2 Å². The number of halogens is 3. The number of allylic oxidation sites excluding steroid dienone is 3. The summed E-state index contributed by atoms with van der Waals surface area (Å²) in [6, 6.07) is 1.16. The lowest BCUT2D eigenvalue weighted by Crippen LogP contribution is -2.45. The van der Waals surface area contributed by atoms with Crippen LogP contribution < -0.4 is 5.32 Å². The third kappa shape index (κ3) is 5.83. The molecule has 0 aromatic carbocycles. The van der Waals surface area contributed by atoms with E-state index < -0.39 is 11.7 Å². The lowest BCUT2D eigenvalue weighted by Gasteiger charge is -2.47. The number of nitrogens with one attached hydrogen (secondary N) is 1. The summed E-state index contributed by atoms with van der Waals surface area (Å²) >= 11 is 0. The second-order valence-electron chi connectivity index (χ2n) is 8.69. The molecule has 1 spiro atoms. The van der Waals surface area contributed by atoms with Crippen LogP contribution in [0.25, 0.3) is 0 Å². The van der Waals surface area contributed by atoms with Crippen molar-refractivity contribution in [1.29, 1.82) is 0 Å². The van der Waals surface area contributed by atoms with Crippen LogP contribution in [0.15, 0.2) is 47.4 Å². The molecule has 2 fully saturated rings. The van der Waals surface area contributed by atoms with Gasteiger partial charge in [0, 0.05) is 37.2 Å². The van der Waals surface area contributed by atoms with Crippen molar-refractivity contribution in [1.82, 2.24) is 10.3 Å². The third-order valence-electron chi connectivity index (χ3n) is 6.68. The number of aromatic nitrogens is 1. The first kappa shape index (κ1) is 23.7. The van der Waals surface area contributed by atoms with Crippen molar-refractivity contribution in [3.8, 4) is 0 Å². The molecule has 2 aliphatic rings. The summed E-state index contributed by atoms with van der Waals surface area (Å²) in [6.07, 6.45) is 11.2. The molecular formula is C24H32F3N3O. The van der Waals surface area contributed by atoms with Crippen LogP contribution in [-0.4, -0.2) is 30.5 Å². The van der Waals surface area contributed by atoms with E-state index in [1.165, 1.54) is 24.6 Å². The fourth-order valence-corrected chi connectivity index (χ4v) is 5.18. The second-order valence-corrected chi connectivity index (χ2v) is 8.69. The zero-order chi connectivity index (χ0) is 22.4. The topological polar surface area (TPSA) is 46.5 Å². The first-order valence-corrected chi connectivity index (χ1v) is 11.0. The molecule has 0 radical (unpaired) electrons. The summed E-state index contributed by atoms with van der Waals surface area (Å²) in [4.78, 5) is 7.63. The minimum atomic E-state index is -4.38. The van der Waals surface area contributed by atoms with Crippen LogP contribution in [0.1, 0.15) is 63.0 Å². The molecule has 7 heteroatoms. The van der Waals surface area contributed by atoms with E-state index in [0.717, 1.165) is 51.0 Å². The normalized spacial score (nSPS) is 24.2. The average molecular weight is 436 g/mol. The molecule has 1 atom stereocenters. The number of rotatable bonds is 8. The molecule has 0 amide bonds. The van der Waals surface area contributed by atoms with E-state index in [-0.39, 0.29) is 11.0 Å². The summed E-state index contributed by atoms with van der Waals surface area (Å²) in [5.41, 5.74) is 0.959. The Morgan fingerprint density at radius 2 is 2.06 bits per heavy atom. The summed E-state index contributed by atoms with van der Waals surface area (Å²) in [6.45, 7) is 7.37. The van der Waals surface area contributed by atoms with Crippen molar-refractivity contribution >= 4 is 6.72 Å². The van der Waals surface area contributed by atoms with Crippen molar-refractivity contribution < 1.29 is 17.9 Å². The van der Waals surface area contributed by atoms with Gasteiger partial charge in [-0.2, -0.15) is 13.2 Å². The van der Waals surface area contributed by atoms with Crippen molar-refractivity contribution in [2.45, 2.75) is 70.2 Å². The van der Waals surface area contributed by atoms with Crippen molar-refractivity contribution in [2.24, 2.45) is 10.4 Å². The van der Waals surface area contributed by atoms with Crippen LogP contribution in [-0.2, 0) is 17.5 Å². The highest BCUT2D eigenvalue weighted by Gasteiger charge is 2.47. The Morgan fingerprint density at radius 1 is 1.29 bits per heavy atom. The maximum atomic E-state index is 12.9. The summed E-state index contributed by atoms with van der Waals surface area (Å²) in [5, 5.41) is 3.33. The van der Waals surface area contributed by atoms with Gasteiger partial charge in [0.2, 0.25) is 0 Å². The van der Waals surface area contributed by atoms with Crippen LogP contribution in [0, 0.1) is 5.41 Å². The molecule has 31 heavy (non-hydrogen) atoms. The molecule has 1 N–H and O–H groups in total. The van der Waals surface area contributed by atoms with Gasteiger partial charge < -0.3 is 10.1 Å². The van der Waals surface area contributed by atoms with Gasteiger partial charge in [0.05, 0.1) is 11.2 Å². The predicted molar refractivity (Wildman–Crippen MR) is 117 cm³/mol. The van der Waals surface area contributed by atoms with Gasteiger partial charge in [-0.1, -0.05) is 18.9 Å². The Balaban J connectivity index is 1.69. The summed E-state index contributed by atoms with van der Waals surface area (Å²) in [7, 11) is 0. The van der Waals surface area contributed by atoms with Crippen LogP contribution >= 0.6 is 0 Å². The number of aliphatic imine (C=N–C) groups is 1. The first-order valence-electron chi connectivity index (χ1n) is 11.0. The predicted octanol–water partition coefficient (Wildman–Crippen LogP) is 5.85. The number of nitrogens with zero attached hydrogens (tertiary/aromatic N) is 2. The number of ether oxygens (including phenoxy) is 1. The largest absolute Gasteiger partial charge is 0.417 e. The van der Waals surface area contributed by atoms with Gasteiger partial charge in [0.1, 0.15) is 0 Å². The van der Waals surface area contributed by atoms with E-state index in [4.69, 9.17) is 4.74 Å². The maximum Gasteiger partial charge on any atom is 0.417 e. The Kier molecular flexibility index (Phi) is 7.70. The minimum Gasteiger partial charge on any atom is -0.375 e. The Hall–Kier alpha value is -1.99. The highest BCUT2D eigenvalue weighted by atomic mass is 19.4. The first-order chi connectivity index (χ1) is 14.8. The molecule has 2 heterocycles. The van der Waals surface area contributed by atoms with Gasteiger partial charge in [-0.25, -0.2) is 0 Å². The monoisotopic (exact) mass is 435 g/mol. The molecule has 1 aliphatic heterocycles. The standard InChI is InChI=1S/C24H32F3N3O/c1-3-20(6-11-28-2)22(10-13-31-23(18-22)7-4-5-8-23)9-12-29-15-19-14-21(17-30-16-19)24(25,26)27/h3,6,11,14,16-17,29H,2,4-5,7-10,12-13,15,18H2,1H3/b11-6-,20-3+/t22-/m1/s1. The fourth-order valence-electron chi connectivity index (χ4n) is 5.18. The summed E-state index contributed by atoms with van der Waals surface area (Å²) in [5.74, 6) is 0. The van der Waals surface area contributed by atoms with Crippen LogP contribution in [0.4, 0.5) is 13.2 Å². The minimum absolute atomic E-state index is 0.0440. The molecule has 0 unspecified atom stereocenters. The third-order valence-corrected chi connectivity index (χ3v) is 6.68. The van der Waals surface area contributed by atoms with Gasteiger partial charge in [-0.05, 0) is 75.6 Å². The van der Waals surface area contributed by atoms with Gasteiger partial charge in [-0.15, -0.1) is 0 Å². The quantitative estimate of drug-likeness (QED) is 0.317. The Labute approximate surface area is 182 Å². The Morgan fingerprint density at radius 3 is 2.74 bits per heavy atom. The van der Waals surface area contributed by atoms with E-state index in [0.29, 0.717) is 18.7 Å². The lowest BCUT2D eigenvalue weighted by molar-refractivity contribution is -0.137. The highest BCUT2D eigenvalue weighted by molar-refractivity contribution is 5.32. The zero-order valence-corrected chi connectivity index (χ0v) is 18.2. The molecule has 1 aromatic heterocycles. The molecule has 1 saturated carbocycles. The smallest absolute Gasteiger partial charge is 0.375 e. The van der Waals surface area contributed by atoms with Crippen molar-refractivity contribution in [2.75, 3.05) is 13.2 Å². The van der Waals surface area contributed by atoms with E-state index >= 15 is 0 Å². The molecule has 170 valence electrons. The molecule has 1 aromatic rings. The van der Waals surface area contributed by atoms with Crippen LogP contribution in [0.2, 0.25) is 0 Å². The zero-order valence-electron chi connectivity index (χ0n) is 18.2. The number of alkyl halides is 3. The lowest BCUT2D eigenvalue weighted by atomic mass is 9.65. The Bertz CT molecular complexity index is 813. The van der Waals surface area contributed by atoms with E-state index in [1.807, 2.05) is 13.0 Å². The second kappa shape index (κ2) is 10.1. The van der Waals surface area contributed by atoms with Crippen LogP contribution in [0.5, 0.6) is 0 Å². The molecule has 1 saturated heterocycles. The van der Waals surface area contributed by atoms with Crippen molar-refractivity contribution in [3.63, 3.8) is 0 Å². The SMILES string of the molecule is C=N/C=C\C(=C/C)[C@]1(CCNCc2cncc(C(F)(F)F)c2)CCOC2(CCCC2)C1. The summed E-state index contributed by atoms with van der Waals surface area (Å²) < 4.78 is 45.1. The molecule has 0 bridgehead atoms. The molecule has 1 aliphatic carbocycles. The molecule has 4 nitrogen and oxygen atoms in total. The fraction of sp³-hybridized carbons (Fsp3) is 0.583. The highest BCUT2D eigenvalue weighted by Crippen LogP contribution is 2.52. The maximum absolute atomic E-state index is 12.9. The van der Waals surface area contributed by atoms with Gasteiger partial charge >= 0.3 is 6.18 Å². The van der Waals surface area contributed by atoms with E-state index in [2.05, 4.69) is 28.1 Å². The molecule has 3 rings (SSSR count). The van der Waals surface area contributed by atoms with Crippen LogP contribution in [0.3, 0.4) is 0 Å². The van der Waals surface area contributed by atoms with Gasteiger partial charge in [0.15, 0.2) is 0 Å².